The maximum absolute atomic E-state index is 12.9. The second-order valence-corrected chi connectivity index (χ2v) is 6.15. The highest BCUT2D eigenvalue weighted by atomic mass is 31.2. The van der Waals surface area contributed by atoms with Crippen molar-refractivity contribution in [3.05, 3.63) is 72.5 Å². The van der Waals surface area contributed by atoms with Gasteiger partial charge in [0.1, 0.15) is 17.3 Å². The zero-order chi connectivity index (χ0) is 16.7. The SMILES string of the molecule is CC(=O)/C=C(\C)OP(=O)(Oc1ccccc1)Oc1ccccc1. The molecule has 0 fully saturated rings. The number of hydrogen-bond donors (Lipinski definition) is 0. The third kappa shape index (κ3) is 5.64. The minimum Gasteiger partial charge on any atom is -0.391 e. The normalized spacial score (nSPS) is 11.7. The number of para-hydroxylation sites is 2. The summed E-state index contributed by atoms with van der Waals surface area (Å²) in [4.78, 5) is 11.1. The van der Waals surface area contributed by atoms with E-state index < -0.39 is 7.82 Å². The predicted molar refractivity (Wildman–Crippen MR) is 87.3 cm³/mol. The Morgan fingerprint density at radius 1 is 0.870 bits per heavy atom. The zero-order valence-corrected chi connectivity index (χ0v) is 13.7. The number of carbonyl (C=O) groups is 1. The molecule has 0 saturated heterocycles. The Hall–Kier alpha value is -2.52. The summed E-state index contributed by atoms with van der Waals surface area (Å²) in [5.41, 5.74) is 0. The van der Waals surface area contributed by atoms with Crippen molar-refractivity contribution in [3.8, 4) is 11.5 Å². The molecule has 2 aromatic carbocycles. The Labute approximate surface area is 135 Å². The van der Waals surface area contributed by atoms with Crippen molar-refractivity contribution in [1.29, 1.82) is 0 Å². The van der Waals surface area contributed by atoms with E-state index >= 15 is 0 Å². The van der Waals surface area contributed by atoms with Gasteiger partial charge in [-0.2, -0.15) is 4.57 Å². The van der Waals surface area contributed by atoms with Crippen LogP contribution in [-0.2, 0) is 13.9 Å². The summed E-state index contributed by atoms with van der Waals surface area (Å²) in [7, 11) is -4.00. The van der Waals surface area contributed by atoms with Crippen molar-refractivity contribution in [3.63, 3.8) is 0 Å². The van der Waals surface area contributed by atoms with Gasteiger partial charge in [-0.25, -0.2) is 0 Å². The maximum atomic E-state index is 12.9. The van der Waals surface area contributed by atoms with Gasteiger partial charge in [0.05, 0.1) is 0 Å². The highest BCUT2D eigenvalue weighted by molar-refractivity contribution is 7.49. The van der Waals surface area contributed by atoms with Crippen LogP contribution in [0, 0.1) is 0 Å². The average Bonchev–Trinajstić information content (AvgIpc) is 2.47. The number of carbonyl (C=O) groups excluding carboxylic acids is 1. The summed E-state index contributed by atoms with van der Waals surface area (Å²) in [6, 6.07) is 17.1. The smallest absolute Gasteiger partial charge is 0.391 e. The zero-order valence-electron chi connectivity index (χ0n) is 12.8. The largest absolute Gasteiger partial charge is 0.646 e. The molecule has 0 aromatic heterocycles. The van der Waals surface area contributed by atoms with Crippen LogP contribution in [0.1, 0.15) is 13.8 Å². The van der Waals surface area contributed by atoms with E-state index in [1.807, 2.05) is 0 Å². The second-order valence-electron chi connectivity index (χ2n) is 4.71. The van der Waals surface area contributed by atoms with Crippen LogP contribution in [0.3, 0.4) is 0 Å². The summed E-state index contributed by atoms with van der Waals surface area (Å²) in [5.74, 6) is 0.589. The molecule has 2 rings (SSSR count). The fourth-order valence-corrected chi connectivity index (χ4v) is 3.04. The Morgan fingerprint density at radius 3 is 1.70 bits per heavy atom. The molecule has 0 atom stereocenters. The standard InChI is InChI=1S/C17H17O5P/c1-14(18)13-15(2)20-23(19,21-16-9-5-3-6-10-16)22-17-11-7-4-8-12-17/h3-13H,1-2H3/b15-13+. The number of phosphoric acid groups is 1. The van der Waals surface area contributed by atoms with E-state index in [1.165, 1.54) is 19.9 Å². The van der Waals surface area contributed by atoms with Gasteiger partial charge in [-0.05, 0) is 38.1 Å². The van der Waals surface area contributed by atoms with Crippen LogP contribution in [0.25, 0.3) is 0 Å². The molecule has 0 heterocycles. The summed E-state index contributed by atoms with van der Waals surface area (Å²) >= 11 is 0. The summed E-state index contributed by atoms with van der Waals surface area (Å²) in [6.45, 7) is 2.88. The molecular formula is C17H17O5P. The lowest BCUT2D eigenvalue weighted by Gasteiger charge is -2.19. The Balaban J connectivity index is 2.26. The van der Waals surface area contributed by atoms with E-state index in [0.717, 1.165) is 0 Å². The molecule has 0 amide bonds. The van der Waals surface area contributed by atoms with Crippen LogP contribution in [0.2, 0.25) is 0 Å². The van der Waals surface area contributed by atoms with E-state index in [4.69, 9.17) is 13.6 Å². The van der Waals surface area contributed by atoms with Gasteiger partial charge < -0.3 is 13.6 Å². The van der Waals surface area contributed by atoms with E-state index in [-0.39, 0.29) is 11.5 Å². The number of hydrogen-bond acceptors (Lipinski definition) is 5. The van der Waals surface area contributed by atoms with Gasteiger partial charge in [-0.3, -0.25) is 4.79 Å². The maximum Gasteiger partial charge on any atom is 0.646 e. The van der Waals surface area contributed by atoms with Gasteiger partial charge in [-0.15, -0.1) is 0 Å². The molecule has 0 radical (unpaired) electrons. The number of ketones is 1. The van der Waals surface area contributed by atoms with Crippen molar-refractivity contribution in [1.82, 2.24) is 0 Å². The minimum atomic E-state index is -4.00. The molecule has 6 heteroatoms. The highest BCUT2D eigenvalue weighted by Crippen LogP contribution is 2.51. The summed E-state index contributed by atoms with van der Waals surface area (Å²) in [6.07, 6.45) is 1.22. The Morgan fingerprint density at radius 2 is 1.30 bits per heavy atom. The lowest BCUT2D eigenvalue weighted by Crippen LogP contribution is -2.05. The van der Waals surface area contributed by atoms with Gasteiger partial charge in [0, 0.05) is 6.08 Å². The second kappa shape index (κ2) is 7.65. The van der Waals surface area contributed by atoms with Crippen LogP contribution in [-0.4, -0.2) is 5.78 Å². The molecular weight excluding hydrogens is 315 g/mol. The molecule has 0 saturated carbocycles. The average molecular weight is 332 g/mol. The quantitative estimate of drug-likeness (QED) is 0.415. The van der Waals surface area contributed by atoms with Crippen LogP contribution < -0.4 is 9.05 Å². The predicted octanol–water partition coefficient (Wildman–Crippen LogP) is 4.76. The molecule has 0 aliphatic rings. The van der Waals surface area contributed by atoms with Crippen LogP contribution in [0.15, 0.2) is 72.5 Å². The van der Waals surface area contributed by atoms with Crippen molar-refractivity contribution >= 4 is 13.6 Å². The molecule has 0 N–H and O–H groups in total. The third-order valence-electron chi connectivity index (χ3n) is 2.58. The Kier molecular flexibility index (Phi) is 5.61. The molecule has 0 bridgehead atoms. The molecule has 0 spiro atoms. The molecule has 0 aliphatic carbocycles. The molecule has 0 unspecified atom stereocenters. The molecule has 0 aliphatic heterocycles. The first-order valence-corrected chi connectivity index (χ1v) is 8.41. The van der Waals surface area contributed by atoms with E-state index in [0.29, 0.717) is 11.5 Å². The van der Waals surface area contributed by atoms with Crippen molar-refractivity contribution < 1.29 is 22.9 Å². The van der Waals surface area contributed by atoms with Crippen LogP contribution >= 0.6 is 7.82 Å². The van der Waals surface area contributed by atoms with Crippen molar-refractivity contribution in [2.24, 2.45) is 0 Å². The van der Waals surface area contributed by atoms with Gasteiger partial charge in [0.25, 0.3) is 0 Å². The number of benzene rings is 2. The van der Waals surface area contributed by atoms with Gasteiger partial charge in [0.15, 0.2) is 5.78 Å². The number of phosphoric ester groups is 1. The van der Waals surface area contributed by atoms with Crippen LogP contribution in [0.4, 0.5) is 0 Å². The number of allylic oxidation sites excluding steroid dienone is 2. The number of rotatable bonds is 7. The lowest BCUT2D eigenvalue weighted by atomic mass is 10.3. The van der Waals surface area contributed by atoms with Crippen molar-refractivity contribution in [2.45, 2.75) is 13.8 Å². The Bertz CT molecular complexity index is 680. The van der Waals surface area contributed by atoms with E-state index in [1.54, 1.807) is 60.7 Å². The van der Waals surface area contributed by atoms with E-state index in [9.17, 15) is 9.36 Å². The highest BCUT2D eigenvalue weighted by Gasteiger charge is 2.33. The molecule has 2 aromatic rings. The van der Waals surface area contributed by atoms with Gasteiger partial charge in [-0.1, -0.05) is 36.4 Å². The van der Waals surface area contributed by atoms with Gasteiger partial charge in [0.2, 0.25) is 0 Å². The third-order valence-corrected chi connectivity index (χ3v) is 3.96. The summed E-state index contributed by atoms with van der Waals surface area (Å²) < 4.78 is 29.1. The molecule has 5 nitrogen and oxygen atoms in total. The molecule has 120 valence electrons. The minimum absolute atomic E-state index is 0.146. The molecule has 23 heavy (non-hydrogen) atoms. The monoisotopic (exact) mass is 332 g/mol. The first-order valence-electron chi connectivity index (χ1n) is 6.95. The lowest BCUT2D eigenvalue weighted by molar-refractivity contribution is -0.112. The first-order chi connectivity index (χ1) is 11.0. The topological polar surface area (TPSA) is 61.8 Å². The fourth-order valence-electron chi connectivity index (χ4n) is 1.77. The summed E-state index contributed by atoms with van der Waals surface area (Å²) in [5, 5.41) is 0. The van der Waals surface area contributed by atoms with Crippen molar-refractivity contribution in [2.75, 3.05) is 0 Å². The first kappa shape index (κ1) is 16.8. The van der Waals surface area contributed by atoms with Gasteiger partial charge >= 0.3 is 7.82 Å². The fraction of sp³-hybridized carbons (Fsp3) is 0.118. The van der Waals surface area contributed by atoms with Crippen LogP contribution in [0.5, 0.6) is 11.5 Å². The van der Waals surface area contributed by atoms with E-state index in [2.05, 4.69) is 0 Å².